The Hall–Kier alpha value is -3.80. The number of rotatable bonds is 3. The second-order valence-corrected chi connectivity index (χ2v) is 6.00. The fourth-order valence-corrected chi connectivity index (χ4v) is 2.92. The number of carbonyl (C=O) groups excluding carboxylic acids is 3. The molecule has 0 saturated carbocycles. The first kappa shape index (κ1) is 16.7. The molecule has 0 spiro atoms. The molecule has 3 aromatic rings. The average Bonchev–Trinajstić information content (AvgIpc) is 2.94. The van der Waals surface area contributed by atoms with Crippen LogP contribution >= 0.6 is 0 Å². The van der Waals surface area contributed by atoms with Crippen LogP contribution in [-0.2, 0) is 0 Å². The number of hydrogen-bond acceptors (Lipinski definition) is 3. The number of nitrogens with one attached hydrogen (secondary N) is 1. The predicted molar refractivity (Wildman–Crippen MR) is 98.4 cm³/mol. The third kappa shape index (κ3) is 2.97. The Kier molecular flexibility index (Phi) is 4.01. The zero-order valence-electron chi connectivity index (χ0n) is 14.0. The Bertz CT molecular complexity index is 1020. The third-order valence-electron chi connectivity index (χ3n) is 4.28. The molecule has 0 aliphatic carbocycles. The molecular weight excluding hydrogens is 347 g/mol. The molecule has 1 N–H and O–H groups in total. The summed E-state index contributed by atoms with van der Waals surface area (Å²) >= 11 is 0. The SMILES string of the molecule is O=C(Nc1ccc(N2C(=O)c3ccccc3C2=O)cc1)c1ccc(F)cc1. The quantitative estimate of drug-likeness (QED) is 0.721. The number of anilines is 2. The van der Waals surface area contributed by atoms with E-state index >= 15 is 0 Å². The highest BCUT2D eigenvalue weighted by atomic mass is 19.1. The van der Waals surface area contributed by atoms with Crippen molar-refractivity contribution in [2.45, 2.75) is 0 Å². The first-order valence-electron chi connectivity index (χ1n) is 8.19. The fourth-order valence-electron chi connectivity index (χ4n) is 2.92. The molecule has 0 bridgehead atoms. The molecule has 1 heterocycles. The fraction of sp³-hybridized carbons (Fsp3) is 0. The van der Waals surface area contributed by atoms with Crippen molar-refractivity contribution in [2.75, 3.05) is 10.2 Å². The van der Waals surface area contributed by atoms with Crippen molar-refractivity contribution in [2.24, 2.45) is 0 Å². The zero-order chi connectivity index (χ0) is 19.0. The summed E-state index contributed by atoms with van der Waals surface area (Å²) in [5.74, 6) is -1.56. The molecule has 132 valence electrons. The van der Waals surface area contributed by atoms with E-state index in [0.29, 0.717) is 28.1 Å². The lowest BCUT2D eigenvalue weighted by Crippen LogP contribution is -2.29. The summed E-state index contributed by atoms with van der Waals surface area (Å²) < 4.78 is 12.9. The maximum Gasteiger partial charge on any atom is 0.266 e. The van der Waals surface area contributed by atoms with Gasteiger partial charge in [-0.2, -0.15) is 0 Å². The Morgan fingerprint density at radius 2 is 1.33 bits per heavy atom. The van der Waals surface area contributed by atoms with Crippen molar-refractivity contribution >= 4 is 29.1 Å². The third-order valence-corrected chi connectivity index (χ3v) is 4.28. The van der Waals surface area contributed by atoms with Gasteiger partial charge < -0.3 is 5.32 Å². The molecule has 0 fully saturated rings. The first-order chi connectivity index (χ1) is 13.0. The Balaban J connectivity index is 1.53. The second kappa shape index (κ2) is 6.49. The number of amides is 3. The van der Waals surface area contributed by atoms with E-state index in [-0.39, 0.29) is 17.7 Å². The largest absolute Gasteiger partial charge is 0.322 e. The maximum absolute atomic E-state index is 12.9. The van der Waals surface area contributed by atoms with Gasteiger partial charge in [0.2, 0.25) is 0 Å². The highest BCUT2D eigenvalue weighted by Crippen LogP contribution is 2.29. The van der Waals surface area contributed by atoms with E-state index in [1.807, 2.05) is 0 Å². The summed E-state index contributed by atoms with van der Waals surface area (Å²) in [4.78, 5) is 38.2. The van der Waals surface area contributed by atoms with Crippen LogP contribution in [0.3, 0.4) is 0 Å². The summed E-state index contributed by atoms with van der Waals surface area (Å²) in [6, 6.07) is 18.2. The van der Waals surface area contributed by atoms with Gasteiger partial charge in [-0.25, -0.2) is 9.29 Å². The lowest BCUT2D eigenvalue weighted by Gasteiger charge is -2.14. The van der Waals surface area contributed by atoms with Crippen LogP contribution in [0.5, 0.6) is 0 Å². The van der Waals surface area contributed by atoms with E-state index in [1.165, 1.54) is 24.3 Å². The van der Waals surface area contributed by atoms with E-state index in [1.54, 1.807) is 48.5 Å². The van der Waals surface area contributed by atoms with Crippen LogP contribution in [0.15, 0.2) is 72.8 Å². The summed E-state index contributed by atoms with van der Waals surface area (Å²) in [5.41, 5.74) is 1.97. The summed E-state index contributed by atoms with van der Waals surface area (Å²) in [6.07, 6.45) is 0. The topological polar surface area (TPSA) is 66.5 Å². The average molecular weight is 360 g/mol. The van der Waals surface area contributed by atoms with Crippen LogP contribution in [0.25, 0.3) is 0 Å². The Morgan fingerprint density at radius 1 is 0.778 bits per heavy atom. The van der Waals surface area contributed by atoms with Crippen molar-refractivity contribution in [3.05, 3.63) is 95.3 Å². The molecule has 0 aromatic heterocycles. The summed E-state index contributed by atoms with van der Waals surface area (Å²) in [6.45, 7) is 0. The van der Waals surface area contributed by atoms with Crippen LogP contribution in [0.1, 0.15) is 31.1 Å². The monoisotopic (exact) mass is 360 g/mol. The molecule has 1 aliphatic rings. The number of halogens is 1. The highest BCUT2D eigenvalue weighted by molar-refractivity contribution is 6.34. The van der Waals surface area contributed by atoms with Gasteiger partial charge in [-0.1, -0.05) is 12.1 Å². The van der Waals surface area contributed by atoms with Crippen LogP contribution in [-0.4, -0.2) is 17.7 Å². The van der Waals surface area contributed by atoms with Crippen molar-refractivity contribution in [1.82, 2.24) is 0 Å². The summed E-state index contributed by atoms with van der Waals surface area (Å²) in [5, 5.41) is 2.69. The molecule has 0 unspecified atom stereocenters. The minimum atomic E-state index is -0.420. The van der Waals surface area contributed by atoms with Gasteiger partial charge in [0, 0.05) is 11.3 Å². The molecule has 0 radical (unpaired) electrons. The van der Waals surface area contributed by atoms with Gasteiger partial charge in [0.1, 0.15) is 5.82 Å². The van der Waals surface area contributed by atoms with Gasteiger partial charge in [0.05, 0.1) is 16.8 Å². The molecule has 6 heteroatoms. The van der Waals surface area contributed by atoms with E-state index in [4.69, 9.17) is 0 Å². The van der Waals surface area contributed by atoms with Crippen molar-refractivity contribution in [3.63, 3.8) is 0 Å². The molecule has 3 amide bonds. The molecule has 0 saturated heterocycles. The van der Waals surface area contributed by atoms with Crippen LogP contribution in [0, 0.1) is 5.82 Å². The van der Waals surface area contributed by atoms with Crippen LogP contribution in [0.2, 0.25) is 0 Å². The second-order valence-electron chi connectivity index (χ2n) is 6.00. The lowest BCUT2D eigenvalue weighted by molar-refractivity contribution is 0.0924. The van der Waals surface area contributed by atoms with Gasteiger partial charge in [0.25, 0.3) is 17.7 Å². The minimum Gasteiger partial charge on any atom is -0.322 e. The van der Waals surface area contributed by atoms with E-state index < -0.39 is 5.82 Å². The van der Waals surface area contributed by atoms with Crippen molar-refractivity contribution in [1.29, 1.82) is 0 Å². The molecule has 1 aliphatic heterocycles. The summed E-state index contributed by atoms with van der Waals surface area (Å²) in [7, 11) is 0. The number of benzene rings is 3. The van der Waals surface area contributed by atoms with Gasteiger partial charge >= 0.3 is 0 Å². The van der Waals surface area contributed by atoms with Crippen molar-refractivity contribution < 1.29 is 18.8 Å². The molecule has 4 rings (SSSR count). The van der Waals surface area contributed by atoms with Gasteiger partial charge in [-0.05, 0) is 60.7 Å². The van der Waals surface area contributed by atoms with E-state index in [9.17, 15) is 18.8 Å². The highest BCUT2D eigenvalue weighted by Gasteiger charge is 2.36. The number of fused-ring (bicyclic) bond motifs is 1. The van der Waals surface area contributed by atoms with Gasteiger partial charge in [-0.3, -0.25) is 14.4 Å². The number of hydrogen-bond donors (Lipinski definition) is 1. The number of imide groups is 1. The molecule has 27 heavy (non-hydrogen) atoms. The minimum absolute atomic E-state index is 0.320. The standard InChI is InChI=1S/C21H13FN2O3/c22-14-7-5-13(6-8-14)19(25)23-15-9-11-16(12-10-15)24-20(26)17-3-1-2-4-18(17)21(24)27/h1-12H,(H,23,25). The van der Waals surface area contributed by atoms with Crippen molar-refractivity contribution in [3.8, 4) is 0 Å². The molecule has 3 aromatic carbocycles. The lowest BCUT2D eigenvalue weighted by atomic mass is 10.1. The Labute approximate surface area is 154 Å². The predicted octanol–water partition coefficient (Wildman–Crippen LogP) is 3.88. The normalized spacial score (nSPS) is 12.9. The Morgan fingerprint density at radius 3 is 1.89 bits per heavy atom. The zero-order valence-corrected chi connectivity index (χ0v) is 14.0. The molecule has 0 atom stereocenters. The maximum atomic E-state index is 12.9. The van der Waals surface area contributed by atoms with Crippen LogP contribution in [0.4, 0.5) is 15.8 Å². The molecular formula is C21H13FN2O3. The van der Waals surface area contributed by atoms with Gasteiger partial charge in [0.15, 0.2) is 0 Å². The first-order valence-corrected chi connectivity index (χ1v) is 8.19. The number of carbonyl (C=O) groups is 3. The van der Waals surface area contributed by atoms with Crippen LogP contribution < -0.4 is 10.2 Å². The molecule has 5 nitrogen and oxygen atoms in total. The van der Waals surface area contributed by atoms with E-state index in [2.05, 4.69) is 5.32 Å². The number of nitrogens with zero attached hydrogens (tertiary/aromatic N) is 1. The van der Waals surface area contributed by atoms with Gasteiger partial charge in [-0.15, -0.1) is 0 Å². The van der Waals surface area contributed by atoms with E-state index in [0.717, 1.165) is 4.90 Å². The smallest absolute Gasteiger partial charge is 0.266 e.